The Hall–Kier alpha value is -2.22. The summed E-state index contributed by atoms with van der Waals surface area (Å²) in [5.74, 6) is 2.52. The zero-order valence-corrected chi connectivity index (χ0v) is 13.9. The smallest absolute Gasteiger partial charge is 0.181 e. The summed E-state index contributed by atoms with van der Waals surface area (Å²) in [6, 6.07) is 16.4. The summed E-state index contributed by atoms with van der Waals surface area (Å²) in [6.07, 6.45) is 6.71. The first-order chi connectivity index (χ1) is 11.3. The van der Waals surface area contributed by atoms with Gasteiger partial charge in [0, 0.05) is 5.56 Å². The fourth-order valence-electron chi connectivity index (χ4n) is 2.76. The fourth-order valence-corrected chi connectivity index (χ4v) is 2.76. The number of aryl methyl sites for hydroxylation is 1. The maximum Gasteiger partial charge on any atom is 0.181 e. The number of fused-ring (bicyclic) bond motifs is 1. The predicted octanol–water partition coefficient (Wildman–Crippen LogP) is 5.97. The van der Waals surface area contributed by atoms with Crippen molar-refractivity contribution in [2.45, 2.75) is 45.6 Å². The van der Waals surface area contributed by atoms with Crippen LogP contribution in [0.3, 0.4) is 0 Å². The lowest BCUT2D eigenvalue weighted by molar-refractivity contribution is 0.147. The van der Waals surface area contributed by atoms with Gasteiger partial charge in [0.15, 0.2) is 17.6 Å². The van der Waals surface area contributed by atoms with Crippen LogP contribution in [-0.2, 0) is 0 Å². The van der Waals surface area contributed by atoms with Gasteiger partial charge in [-0.15, -0.1) is 0 Å². The topological polar surface area (TPSA) is 18.5 Å². The molecule has 0 saturated carbocycles. The van der Waals surface area contributed by atoms with E-state index in [1.165, 1.54) is 24.8 Å². The second-order valence-electron chi connectivity index (χ2n) is 6.06. The highest BCUT2D eigenvalue weighted by molar-refractivity contribution is 5.45. The summed E-state index contributed by atoms with van der Waals surface area (Å²) in [7, 11) is 0. The molecule has 2 aromatic rings. The molecule has 2 nitrogen and oxygen atoms in total. The average Bonchev–Trinajstić information content (AvgIpc) is 2.59. The Bertz CT molecular complexity index is 670. The summed E-state index contributed by atoms with van der Waals surface area (Å²) >= 11 is 0. The minimum Gasteiger partial charge on any atom is -0.474 e. The van der Waals surface area contributed by atoms with Gasteiger partial charge in [0.25, 0.3) is 0 Å². The molecule has 2 aromatic carbocycles. The van der Waals surface area contributed by atoms with Gasteiger partial charge in [-0.05, 0) is 38.0 Å². The molecule has 1 aliphatic rings. The number of allylic oxidation sites excluding steroid dienone is 1. The molecule has 3 rings (SSSR count). The van der Waals surface area contributed by atoms with E-state index in [2.05, 4.69) is 44.2 Å². The molecule has 1 heterocycles. The van der Waals surface area contributed by atoms with E-state index in [-0.39, 0.29) is 6.10 Å². The molecule has 120 valence electrons. The zero-order valence-electron chi connectivity index (χ0n) is 13.9. The maximum atomic E-state index is 6.23. The Labute approximate surface area is 138 Å². The van der Waals surface area contributed by atoms with E-state index >= 15 is 0 Å². The van der Waals surface area contributed by atoms with Gasteiger partial charge in [-0.1, -0.05) is 61.7 Å². The second-order valence-corrected chi connectivity index (χ2v) is 6.06. The Morgan fingerprint density at radius 2 is 1.70 bits per heavy atom. The summed E-state index contributed by atoms with van der Waals surface area (Å²) < 4.78 is 12.4. The molecule has 23 heavy (non-hydrogen) atoms. The van der Waals surface area contributed by atoms with E-state index in [1.54, 1.807) is 0 Å². The highest BCUT2D eigenvalue weighted by Crippen LogP contribution is 2.41. The highest BCUT2D eigenvalue weighted by atomic mass is 16.6. The molecule has 0 spiro atoms. The van der Waals surface area contributed by atoms with E-state index in [0.717, 1.165) is 29.2 Å². The molecule has 0 saturated heterocycles. The maximum absolute atomic E-state index is 6.23. The van der Waals surface area contributed by atoms with Crippen molar-refractivity contribution in [3.8, 4) is 11.5 Å². The Morgan fingerprint density at radius 3 is 2.43 bits per heavy atom. The predicted molar refractivity (Wildman–Crippen MR) is 93.8 cm³/mol. The number of hydrogen-bond acceptors (Lipinski definition) is 2. The van der Waals surface area contributed by atoms with Crippen LogP contribution in [-0.4, -0.2) is 0 Å². The van der Waals surface area contributed by atoms with Gasteiger partial charge < -0.3 is 9.47 Å². The van der Waals surface area contributed by atoms with E-state index in [4.69, 9.17) is 9.47 Å². The molecule has 0 fully saturated rings. The molecule has 2 heteroatoms. The van der Waals surface area contributed by atoms with E-state index < -0.39 is 0 Å². The van der Waals surface area contributed by atoms with Crippen molar-refractivity contribution >= 4 is 0 Å². The van der Waals surface area contributed by atoms with E-state index in [9.17, 15) is 0 Å². The van der Waals surface area contributed by atoms with Crippen LogP contribution in [0.15, 0.2) is 60.4 Å². The van der Waals surface area contributed by atoms with Gasteiger partial charge in [-0.2, -0.15) is 0 Å². The molecule has 0 N–H and O–H groups in total. The van der Waals surface area contributed by atoms with E-state index in [1.807, 2.05) is 24.3 Å². The van der Waals surface area contributed by atoms with Crippen LogP contribution in [0.1, 0.15) is 49.8 Å². The molecule has 0 bridgehead atoms. The molecular weight excluding hydrogens is 284 g/mol. The molecule has 0 aliphatic carbocycles. The monoisotopic (exact) mass is 308 g/mol. The molecule has 0 amide bonds. The Kier molecular flexibility index (Phi) is 5.02. The van der Waals surface area contributed by atoms with E-state index in [0.29, 0.717) is 0 Å². The van der Waals surface area contributed by atoms with Crippen molar-refractivity contribution in [2.75, 3.05) is 0 Å². The number of para-hydroxylation sites is 2. The normalized spacial score (nSPS) is 18.2. The summed E-state index contributed by atoms with van der Waals surface area (Å²) in [6.45, 7) is 4.32. The largest absolute Gasteiger partial charge is 0.474 e. The lowest BCUT2D eigenvalue weighted by Gasteiger charge is -2.29. The lowest BCUT2D eigenvalue weighted by Crippen LogP contribution is -2.19. The Morgan fingerprint density at radius 1 is 0.957 bits per heavy atom. The second kappa shape index (κ2) is 7.36. The van der Waals surface area contributed by atoms with Crippen LogP contribution in [0.25, 0.3) is 0 Å². The first-order valence-electron chi connectivity index (χ1n) is 8.48. The standard InChI is InChI=1S/C21H24O2/c1-3-4-5-6-11-20-21(17-14-12-16(2)13-15-17)23-19-10-8-7-9-18(19)22-20/h7-15,21H,3-6H2,1-2H3/b20-11-. The van der Waals surface area contributed by atoms with Gasteiger partial charge >= 0.3 is 0 Å². The van der Waals surface area contributed by atoms with Crippen LogP contribution in [0, 0.1) is 6.92 Å². The highest BCUT2D eigenvalue weighted by Gasteiger charge is 2.27. The van der Waals surface area contributed by atoms with Crippen molar-refractivity contribution in [3.05, 3.63) is 71.5 Å². The molecule has 0 radical (unpaired) electrons. The third-order valence-electron chi connectivity index (χ3n) is 4.11. The number of hydrogen-bond donors (Lipinski definition) is 0. The minimum absolute atomic E-state index is 0.160. The van der Waals surface area contributed by atoms with Crippen molar-refractivity contribution in [2.24, 2.45) is 0 Å². The van der Waals surface area contributed by atoms with Gasteiger partial charge in [-0.3, -0.25) is 0 Å². The first kappa shape index (κ1) is 15.7. The fraction of sp³-hybridized carbons (Fsp3) is 0.333. The third kappa shape index (κ3) is 3.76. The van der Waals surface area contributed by atoms with Crippen LogP contribution in [0.2, 0.25) is 0 Å². The summed E-state index contributed by atoms with van der Waals surface area (Å²) in [5, 5.41) is 0. The average molecular weight is 308 g/mol. The van der Waals surface area contributed by atoms with Crippen LogP contribution >= 0.6 is 0 Å². The number of benzene rings is 2. The van der Waals surface area contributed by atoms with Gasteiger partial charge in [0.2, 0.25) is 0 Å². The van der Waals surface area contributed by atoms with Crippen molar-refractivity contribution in [3.63, 3.8) is 0 Å². The molecule has 1 atom stereocenters. The quantitative estimate of drug-likeness (QED) is 0.633. The van der Waals surface area contributed by atoms with Crippen molar-refractivity contribution in [1.82, 2.24) is 0 Å². The van der Waals surface area contributed by atoms with Gasteiger partial charge in [0.05, 0.1) is 0 Å². The number of rotatable bonds is 5. The van der Waals surface area contributed by atoms with Crippen molar-refractivity contribution < 1.29 is 9.47 Å². The van der Waals surface area contributed by atoms with Gasteiger partial charge in [-0.25, -0.2) is 0 Å². The molecule has 1 aliphatic heterocycles. The molecule has 1 unspecified atom stereocenters. The zero-order chi connectivity index (χ0) is 16.1. The minimum atomic E-state index is -0.160. The number of ether oxygens (including phenoxy) is 2. The van der Waals surface area contributed by atoms with Gasteiger partial charge in [0.1, 0.15) is 5.76 Å². The molecule has 0 aromatic heterocycles. The molecular formula is C21H24O2. The summed E-state index contributed by atoms with van der Waals surface area (Å²) in [5.41, 5.74) is 2.38. The SMILES string of the molecule is CCCCC/C=C1\Oc2ccccc2OC1c1ccc(C)cc1. The summed E-state index contributed by atoms with van der Waals surface area (Å²) in [4.78, 5) is 0. The number of unbranched alkanes of at least 4 members (excludes halogenated alkanes) is 3. The Balaban J connectivity index is 1.88. The third-order valence-corrected chi connectivity index (χ3v) is 4.11. The van der Waals surface area contributed by atoms with Crippen LogP contribution < -0.4 is 9.47 Å². The van der Waals surface area contributed by atoms with Crippen molar-refractivity contribution in [1.29, 1.82) is 0 Å². The van der Waals surface area contributed by atoms with Crippen LogP contribution in [0.5, 0.6) is 11.5 Å². The van der Waals surface area contributed by atoms with Crippen LogP contribution in [0.4, 0.5) is 0 Å². The lowest BCUT2D eigenvalue weighted by atomic mass is 10.0. The first-order valence-corrected chi connectivity index (χ1v) is 8.48.